The van der Waals surface area contributed by atoms with Crippen LogP contribution in [0.5, 0.6) is 5.75 Å². The lowest BCUT2D eigenvalue weighted by atomic mass is 10.1. The zero-order valence-electron chi connectivity index (χ0n) is 11.0. The van der Waals surface area contributed by atoms with Gasteiger partial charge in [-0.15, -0.1) is 0 Å². The third kappa shape index (κ3) is 4.02. The van der Waals surface area contributed by atoms with Gasteiger partial charge in [-0.3, -0.25) is 4.79 Å². The second-order valence-electron chi connectivity index (χ2n) is 4.12. The van der Waals surface area contributed by atoms with Gasteiger partial charge in [0.1, 0.15) is 5.75 Å². The highest BCUT2D eigenvalue weighted by Gasteiger charge is 2.13. The van der Waals surface area contributed by atoms with Gasteiger partial charge in [0.15, 0.2) is 11.9 Å². The quantitative estimate of drug-likeness (QED) is 0.401. The number of methoxy groups -OCH3 is 1. The van der Waals surface area contributed by atoms with E-state index in [2.05, 4.69) is 0 Å². The minimum absolute atomic E-state index is 0. The van der Waals surface area contributed by atoms with Gasteiger partial charge in [-0.25, -0.2) is 0 Å². The topological polar surface area (TPSA) is 30.2 Å². The number of rotatable bonds is 4. The number of halogens is 1. The maximum atomic E-state index is 12.1. The number of hydrogen-bond donors (Lipinski definition) is 0. The average Bonchev–Trinajstić information content (AvgIpc) is 2.41. The van der Waals surface area contributed by atoms with Crippen LogP contribution in [0.4, 0.5) is 0 Å². The molecule has 0 atom stereocenters. The summed E-state index contributed by atoms with van der Waals surface area (Å²) in [5.41, 5.74) is 1.77. The molecule has 100 valence electrons. The van der Waals surface area contributed by atoms with Crippen molar-refractivity contribution in [3.63, 3.8) is 0 Å². The van der Waals surface area contributed by atoms with Crippen molar-refractivity contribution in [2.75, 3.05) is 7.11 Å². The lowest BCUT2D eigenvalue weighted by Gasteiger charge is -2.02. The normalized spacial score (nSPS) is 9.58. The standard InChI is InChI=1S/C15H16NO2.HI/c1-12-5-3-4-10-16(12)11-15(17)13-6-8-14(18-2)9-7-13;/h3-10H,11H2,1-2H3;1H/q+1;/p-1. The first-order valence-corrected chi connectivity index (χ1v) is 5.83. The first-order valence-electron chi connectivity index (χ1n) is 5.83. The Hall–Kier alpha value is -1.43. The van der Waals surface area contributed by atoms with E-state index >= 15 is 0 Å². The summed E-state index contributed by atoms with van der Waals surface area (Å²) < 4.78 is 7.01. The molecule has 2 rings (SSSR count). The summed E-state index contributed by atoms with van der Waals surface area (Å²) in [6.45, 7) is 2.35. The van der Waals surface area contributed by atoms with Gasteiger partial charge < -0.3 is 28.7 Å². The first-order chi connectivity index (χ1) is 8.70. The number of aromatic nitrogens is 1. The summed E-state index contributed by atoms with van der Waals surface area (Å²) >= 11 is 0. The summed E-state index contributed by atoms with van der Waals surface area (Å²) in [5.74, 6) is 0.854. The number of benzene rings is 1. The van der Waals surface area contributed by atoms with Gasteiger partial charge in [0.2, 0.25) is 12.3 Å². The third-order valence-electron chi connectivity index (χ3n) is 2.89. The molecule has 0 N–H and O–H groups in total. The van der Waals surface area contributed by atoms with Crippen molar-refractivity contribution < 1.29 is 38.1 Å². The van der Waals surface area contributed by atoms with Crippen molar-refractivity contribution >= 4 is 5.78 Å². The Morgan fingerprint density at radius 1 is 1.16 bits per heavy atom. The molecule has 0 saturated heterocycles. The van der Waals surface area contributed by atoms with Crippen molar-refractivity contribution in [2.45, 2.75) is 13.5 Å². The molecule has 0 saturated carbocycles. The monoisotopic (exact) mass is 369 g/mol. The molecule has 0 unspecified atom stereocenters. The molecule has 0 radical (unpaired) electrons. The minimum Gasteiger partial charge on any atom is -1.00 e. The zero-order valence-corrected chi connectivity index (χ0v) is 13.1. The maximum Gasteiger partial charge on any atom is 0.227 e. The van der Waals surface area contributed by atoms with E-state index in [-0.39, 0.29) is 29.8 Å². The molecule has 1 aromatic carbocycles. The van der Waals surface area contributed by atoms with Crippen LogP contribution < -0.4 is 33.3 Å². The second kappa shape index (κ2) is 7.23. The molecule has 0 aliphatic carbocycles. The van der Waals surface area contributed by atoms with Crippen LogP contribution in [0.2, 0.25) is 0 Å². The molecule has 0 spiro atoms. The molecule has 3 nitrogen and oxygen atoms in total. The fraction of sp³-hybridized carbons (Fsp3) is 0.200. The van der Waals surface area contributed by atoms with Gasteiger partial charge in [0, 0.05) is 24.6 Å². The summed E-state index contributed by atoms with van der Waals surface area (Å²) in [6.07, 6.45) is 1.91. The van der Waals surface area contributed by atoms with Crippen LogP contribution >= 0.6 is 0 Å². The Bertz CT molecular complexity index is 552. The Balaban J connectivity index is 0.00000180. The van der Waals surface area contributed by atoms with Crippen molar-refractivity contribution in [1.29, 1.82) is 0 Å². The molecule has 19 heavy (non-hydrogen) atoms. The molecule has 0 aliphatic heterocycles. The Morgan fingerprint density at radius 2 is 1.84 bits per heavy atom. The average molecular weight is 369 g/mol. The van der Waals surface area contributed by atoms with Gasteiger partial charge in [-0.1, -0.05) is 6.07 Å². The lowest BCUT2D eigenvalue weighted by molar-refractivity contribution is -0.689. The minimum atomic E-state index is 0. The summed E-state index contributed by atoms with van der Waals surface area (Å²) in [4.78, 5) is 12.1. The lowest BCUT2D eigenvalue weighted by Crippen LogP contribution is -3.00. The van der Waals surface area contributed by atoms with E-state index in [0.29, 0.717) is 12.1 Å². The maximum absolute atomic E-state index is 12.1. The summed E-state index contributed by atoms with van der Waals surface area (Å²) in [7, 11) is 1.61. The van der Waals surface area contributed by atoms with Gasteiger partial charge >= 0.3 is 0 Å². The largest absolute Gasteiger partial charge is 1.00 e. The molecular weight excluding hydrogens is 353 g/mol. The van der Waals surface area contributed by atoms with Crippen LogP contribution in [-0.4, -0.2) is 12.9 Å². The number of nitrogens with zero attached hydrogens (tertiary/aromatic N) is 1. The van der Waals surface area contributed by atoms with Crippen LogP contribution in [0.15, 0.2) is 48.7 Å². The molecule has 0 bridgehead atoms. The van der Waals surface area contributed by atoms with E-state index in [0.717, 1.165) is 11.4 Å². The van der Waals surface area contributed by atoms with Gasteiger partial charge in [0.25, 0.3) is 0 Å². The Kier molecular flexibility index (Phi) is 5.95. The van der Waals surface area contributed by atoms with Crippen LogP contribution in [0.1, 0.15) is 16.1 Å². The van der Waals surface area contributed by atoms with E-state index < -0.39 is 0 Å². The van der Waals surface area contributed by atoms with Crippen molar-refractivity contribution in [3.8, 4) is 5.75 Å². The van der Waals surface area contributed by atoms with E-state index in [1.54, 1.807) is 31.4 Å². The molecule has 1 aromatic heterocycles. The van der Waals surface area contributed by atoms with Gasteiger partial charge in [-0.05, 0) is 24.3 Å². The third-order valence-corrected chi connectivity index (χ3v) is 2.89. The molecule has 2 aromatic rings. The van der Waals surface area contributed by atoms with Gasteiger partial charge in [-0.2, -0.15) is 4.57 Å². The molecule has 0 fully saturated rings. The van der Waals surface area contributed by atoms with Crippen LogP contribution in [0.25, 0.3) is 0 Å². The zero-order chi connectivity index (χ0) is 13.0. The number of aryl methyl sites for hydroxylation is 1. The molecule has 1 heterocycles. The van der Waals surface area contributed by atoms with Crippen LogP contribution in [0.3, 0.4) is 0 Å². The SMILES string of the molecule is COc1ccc(C(=O)C[n+]2ccccc2C)cc1.[I-]. The highest BCUT2D eigenvalue weighted by atomic mass is 127. The fourth-order valence-electron chi connectivity index (χ4n) is 1.76. The molecular formula is C15H16INO2. The molecule has 0 amide bonds. The Morgan fingerprint density at radius 3 is 2.42 bits per heavy atom. The summed E-state index contributed by atoms with van der Waals surface area (Å²) in [5, 5.41) is 0. The van der Waals surface area contributed by atoms with E-state index in [1.807, 2.05) is 35.9 Å². The Labute approximate surface area is 130 Å². The van der Waals surface area contributed by atoms with E-state index in [4.69, 9.17) is 4.74 Å². The highest BCUT2D eigenvalue weighted by Crippen LogP contribution is 2.11. The van der Waals surface area contributed by atoms with E-state index in [1.165, 1.54) is 0 Å². The number of carbonyl (C=O) groups excluding carboxylic acids is 1. The molecule has 4 heteroatoms. The van der Waals surface area contributed by atoms with Crippen molar-refractivity contribution in [3.05, 3.63) is 59.9 Å². The smallest absolute Gasteiger partial charge is 0.227 e. The number of Topliss-reactive ketones (excluding diaryl/α,β-unsaturated/α-hetero) is 1. The first kappa shape index (κ1) is 15.6. The van der Waals surface area contributed by atoms with Crippen LogP contribution in [0, 0.1) is 6.92 Å². The number of ketones is 1. The highest BCUT2D eigenvalue weighted by molar-refractivity contribution is 5.95. The number of carbonyl (C=O) groups is 1. The number of ether oxygens (including phenoxy) is 1. The van der Waals surface area contributed by atoms with Crippen LogP contribution in [-0.2, 0) is 6.54 Å². The second-order valence-corrected chi connectivity index (χ2v) is 4.12. The fourth-order valence-corrected chi connectivity index (χ4v) is 1.76. The predicted molar refractivity (Wildman–Crippen MR) is 68.7 cm³/mol. The van der Waals surface area contributed by atoms with Gasteiger partial charge in [0.05, 0.1) is 7.11 Å². The van der Waals surface area contributed by atoms with E-state index in [9.17, 15) is 4.79 Å². The molecule has 0 aliphatic rings. The summed E-state index contributed by atoms with van der Waals surface area (Å²) in [6, 6.07) is 13.1. The predicted octanol–water partition coefficient (Wildman–Crippen LogP) is -0.822. The number of hydrogen-bond acceptors (Lipinski definition) is 2. The van der Waals surface area contributed by atoms with Crippen molar-refractivity contribution in [2.24, 2.45) is 0 Å². The number of pyridine rings is 1. The van der Waals surface area contributed by atoms with Crippen molar-refractivity contribution in [1.82, 2.24) is 0 Å².